The summed E-state index contributed by atoms with van der Waals surface area (Å²) in [5.41, 5.74) is -0.646. The molecule has 186 valence electrons. The predicted molar refractivity (Wildman–Crippen MR) is 134 cm³/mol. The Bertz CT molecular complexity index is 1640. The van der Waals surface area contributed by atoms with E-state index >= 15 is 4.39 Å². The number of methoxy groups -OCH3 is 1. The van der Waals surface area contributed by atoms with Gasteiger partial charge < -0.3 is 20.1 Å². The van der Waals surface area contributed by atoms with Crippen LogP contribution in [-0.4, -0.2) is 58.6 Å². The second kappa shape index (κ2) is 8.64. The minimum absolute atomic E-state index is 0.0318. The number of terminal acetylenes is 1. The van der Waals surface area contributed by atoms with Crippen molar-refractivity contribution in [1.82, 2.24) is 20.3 Å². The molecule has 2 aromatic heterocycles. The number of aromatic hydroxyl groups is 1. The number of hydrogen-bond acceptors (Lipinski definition) is 8. The minimum Gasteiger partial charge on any atom is -0.508 e. The van der Waals surface area contributed by atoms with Gasteiger partial charge in [-0.3, -0.25) is 4.79 Å². The van der Waals surface area contributed by atoms with Gasteiger partial charge >= 0.3 is 6.01 Å². The van der Waals surface area contributed by atoms with Crippen molar-refractivity contribution in [2.24, 2.45) is 0 Å². The first-order chi connectivity index (χ1) is 17.9. The van der Waals surface area contributed by atoms with Gasteiger partial charge in [0.1, 0.15) is 34.3 Å². The third kappa shape index (κ3) is 3.62. The molecule has 2 N–H and O–H groups in total. The summed E-state index contributed by atoms with van der Waals surface area (Å²) in [4.78, 5) is 27.4. The number of anilines is 1. The van der Waals surface area contributed by atoms with Crippen molar-refractivity contribution in [3.63, 3.8) is 0 Å². The Balaban J connectivity index is 1.67. The molecule has 0 saturated carbocycles. The molecule has 4 heterocycles. The van der Waals surface area contributed by atoms with Crippen LogP contribution < -0.4 is 15.0 Å². The molecule has 0 spiro atoms. The molecule has 10 heteroatoms. The number of rotatable bonds is 4. The molecule has 8 nitrogen and oxygen atoms in total. The lowest BCUT2D eigenvalue weighted by molar-refractivity contribution is 0.112. The number of phenols is 1. The van der Waals surface area contributed by atoms with Crippen LogP contribution in [-0.2, 0) is 0 Å². The number of fused-ring (bicyclic) bond motifs is 4. The zero-order chi connectivity index (χ0) is 25.8. The van der Waals surface area contributed by atoms with Gasteiger partial charge in [-0.1, -0.05) is 12.0 Å². The van der Waals surface area contributed by atoms with Gasteiger partial charge in [-0.2, -0.15) is 9.97 Å². The second-order valence-corrected chi connectivity index (χ2v) is 9.24. The number of carbonyl (C=O) groups is 1. The van der Waals surface area contributed by atoms with Crippen LogP contribution in [0.5, 0.6) is 11.8 Å². The van der Waals surface area contributed by atoms with Crippen molar-refractivity contribution in [3.8, 4) is 35.4 Å². The number of phenolic OH excluding ortho intramolecular Hbond substituents is 1. The van der Waals surface area contributed by atoms with Crippen LogP contribution in [0.3, 0.4) is 0 Å². The Labute approximate surface area is 210 Å². The molecule has 2 unspecified atom stereocenters. The highest BCUT2D eigenvalue weighted by atomic mass is 19.1. The Kier molecular flexibility index (Phi) is 5.38. The van der Waals surface area contributed by atoms with E-state index in [1.165, 1.54) is 31.4 Å². The second-order valence-electron chi connectivity index (χ2n) is 9.24. The van der Waals surface area contributed by atoms with Crippen LogP contribution in [0, 0.1) is 24.0 Å². The number of nitrogens with one attached hydrogen (secondary N) is 1. The molecule has 2 fully saturated rings. The van der Waals surface area contributed by atoms with Gasteiger partial charge in [0.15, 0.2) is 12.1 Å². The quantitative estimate of drug-likeness (QED) is 0.323. The smallest absolute Gasteiger partial charge is 0.318 e. The average Bonchev–Trinajstić information content (AvgIpc) is 3.25. The molecule has 6 rings (SSSR count). The first kappa shape index (κ1) is 23.1. The summed E-state index contributed by atoms with van der Waals surface area (Å²) in [6.45, 7) is 1.24. The van der Waals surface area contributed by atoms with E-state index in [0.29, 0.717) is 30.6 Å². The van der Waals surface area contributed by atoms with Crippen LogP contribution in [0.2, 0.25) is 0 Å². The van der Waals surface area contributed by atoms with Gasteiger partial charge in [-0.05, 0) is 36.4 Å². The summed E-state index contributed by atoms with van der Waals surface area (Å²) in [7, 11) is 1.37. The number of piperazine rings is 1. The first-order valence-electron chi connectivity index (χ1n) is 11.8. The summed E-state index contributed by atoms with van der Waals surface area (Å²) in [5.74, 6) is 0.898. The Morgan fingerprint density at radius 2 is 1.92 bits per heavy atom. The highest BCUT2D eigenvalue weighted by Gasteiger charge is 2.35. The summed E-state index contributed by atoms with van der Waals surface area (Å²) in [5, 5.41) is 14.6. The predicted octanol–water partition coefficient (Wildman–Crippen LogP) is 3.57. The summed E-state index contributed by atoms with van der Waals surface area (Å²) < 4.78 is 36.2. The maximum absolute atomic E-state index is 16.3. The van der Waals surface area contributed by atoms with Crippen molar-refractivity contribution in [1.29, 1.82) is 0 Å². The van der Waals surface area contributed by atoms with E-state index in [-0.39, 0.29) is 62.6 Å². The molecule has 2 aromatic carbocycles. The monoisotopic (exact) mass is 501 g/mol. The molecule has 2 aliphatic rings. The fourth-order valence-electron chi connectivity index (χ4n) is 5.47. The van der Waals surface area contributed by atoms with Crippen LogP contribution >= 0.6 is 0 Å². The van der Waals surface area contributed by atoms with Crippen LogP contribution in [0.1, 0.15) is 28.9 Å². The number of ether oxygens (including phenoxy) is 1. The maximum Gasteiger partial charge on any atom is 0.318 e. The number of carbonyl (C=O) groups excluding carboxylic acids is 1. The summed E-state index contributed by atoms with van der Waals surface area (Å²) >= 11 is 0. The Morgan fingerprint density at radius 1 is 1.16 bits per heavy atom. The van der Waals surface area contributed by atoms with Gasteiger partial charge in [0, 0.05) is 36.1 Å². The molecule has 2 aliphatic heterocycles. The van der Waals surface area contributed by atoms with E-state index in [1.807, 2.05) is 4.90 Å². The Morgan fingerprint density at radius 3 is 2.59 bits per heavy atom. The Hall–Kier alpha value is -4.36. The number of pyridine rings is 1. The molecular weight excluding hydrogens is 480 g/mol. The van der Waals surface area contributed by atoms with Crippen molar-refractivity contribution in [2.45, 2.75) is 24.9 Å². The lowest BCUT2D eigenvalue weighted by Gasteiger charge is -2.34. The number of hydrogen-bond donors (Lipinski definition) is 2. The largest absolute Gasteiger partial charge is 0.508 e. The van der Waals surface area contributed by atoms with E-state index in [9.17, 15) is 14.3 Å². The van der Waals surface area contributed by atoms with Crippen LogP contribution in [0.15, 0.2) is 24.3 Å². The molecule has 0 aliphatic carbocycles. The SMILES string of the molecule is C#Cc1c(F)ccc2cc(O)cc(-c3nc(C=O)c4c(N5CC6CCC(C5)N6)nc(OC)nc4c3F)c12. The maximum atomic E-state index is 16.3. The van der Waals surface area contributed by atoms with Crippen LogP contribution in [0.25, 0.3) is 32.9 Å². The summed E-state index contributed by atoms with van der Waals surface area (Å²) in [6, 6.07) is 5.66. The van der Waals surface area contributed by atoms with Crippen molar-refractivity contribution >= 4 is 33.8 Å². The highest BCUT2D eigenvalue weighted by Crippen LogP contribution is 2.40. The van der Waals surface area contributed by atoms with E-state index < -0.39 is 11.6 Å². The van der Waals surface area contributed by atoms with E-state index in [2.05, 4.69) is 26.2 Å². The average molecular weight is 501 g/mol. The van der Waals surface area contributed by atoms with E-state index in [4.69, 9.17) is 11.2 Å². The number of halogens is 2. The highest BCUT2D eigenvalue weighted by molar-refractivity contribution is 6.06. The minimum atomic E-state index is -0.875. The zero-order valence-electron chi connectivity index (χ0n) is 19.8. The molecule has 0 radical (unpaired) electrons. The zero-order valence-corrected chi connectivity index (χ0v) is 19.8. The standard InChI is InChI=1S/C27H21F2N5O3/c1-3-17-19(28)7-4-13-8-16(36)9-18(21(13)17)24-23(29)25-22(20(12-35)31-24)26(33-27(32-25)37-2)34-10-14-5-6-15(11-34)30-14/h1,4,7-9,12,14-15,30,36H,5-6,10-11H2,2H3. The van der Waals surface area contributed by atoms with Gasteiger partial charge in [-0.15, -0.1) is 6.42 Å². The summed E-state index contributed by atoms with van der Waals surface area (Å²) in [6.07, 6.45) is 8.12. The molecule has 4 aromatic rings. The van der Waals surface area contributed by atoms with Crippen LogP contribution in [0.4, 0.5) is 14.6 Å². The molecule has 0 amide bonds. The van der Waals surface area contributed by atoms with Crippen molar-refractivity contribution in [2.75, 3.05) is 25.1 Å². The van der Waals surface area contributed by atoms with E-state index in [1.54, 1.807) is 0 Å². The van der Waals surface area contributed by atoms with Gasteiger partial charge in [0.05, 0.1) is 18.1 Å². The lowest BCUT2D eigenvalue weighted by Crippen LogP contribution is -2.51. The fourth-order valence-corrected chi connectivity index (χ4v) is 5.47. The lowest BCUT2D eigenvalue weighted by atomic mass is 9.95. The molecule has 2 atom stereocenters. The molecule has 2 saturated heterocycles. The van der Waals surface area contributed by atoms with Gasteiger partial charge in [-0.25, -0.2) is 13.8 Å². The van der Waals surface area contributed by atoms with Gasteiger partial charge in [0.2, 0.25) is 0 Å². The van der Waals surface area contributed by atoms with Crippen molar-refractivity contribution < 1.29 is 23.4 Å². The van der Waals surface area contributed by atoms with E-state index in [0.717, 1.165) is 12.8 Å². The topological polar surface area (TPSA) is 100 Å². The number of benzene rings is 2. The molecule has 2 bridgehead atoms. The molecule has 37 heavy (non-hydrogen) atoms. The number of aromatic nitrogens is 3. The third-order valence-corrected chi connectivity index (χ3v) is 7.04. The normalized spacial score (nSPS) is 18.8. The first-order valence-corrected chi connectivity index (χ1v) is 11.8. The number of aldehydes is 1. The van der Waals surface area contributed by atoms with Gasteiger partial charge in [0.25, 0.3) is 0 Å². The number of nitrogens with zero attached hydrogens (tertiary/aromatic N) is 4. The third-order valence-electron chi connectivity index (χ3n) is 7.04. The molecular formula is C27H21F2N5O3. The fraction of sp³-hybridized carbons (Fsp3) is 0.259. The van der Waals surface area contributed by atoms with Crippen molar-refractivity contribution in [3.05, 3.63) is 47.2 Å².